The Hall–Kier alpha value is -4.14. The smallest absolute Gasteiger partial charge is 0.337 e. The monoisotopic (exact) mass is 388 g/mol. The van der Waals surface area contributed by atoms with Crippen molar-refractivity contribution in [2.24, 2.45) is 0 Å². The Morgan fingerprint density at radius 1 is 1.24 bits per heavy atom. The molecule has 9 nitrogen and oxygen atoms in total. The number of hydrogen-bond acceptors (Lipinski definition) is 6. The van der Waals surface area contributed by atoms with Crippen LogP contribution in [-0.2, 0) is 0 Å². The van der Waals surface area contributed by atoms with Crippen LogP contribution in [0.4, 0.5) is 5.69 Å². The van der Waals surface area contributed by atoms with Crippen LogP contribution in [0.1, 0.15) is 16.2 Å². The third kappa shape index (κ3) is 2.71. The quantitative estimate of drug-likeness (QED) is 0.491. The predicted octanol–water partition coefficient (Wildman–Crippen LogP) is 2.96. The van der Waals surface area contributed by atoms with E-state index in [4.69, 9.17) is 4.74 Å². The maximum Gasteiger partial charge on any atom is 0.337 e. The van der Waals surface area contributed by atoms with Crippen LogP contribution in [0.3, 0.4) is 0 Å². The van der Waals surface area contributed by atoms with Gasteiger partial charge in [-0.25, -0.2) is 9.78 Å². The van der Waals surface area contributed by atoms with E-state index in [0.717, 1.165) is 22.3 Å². The molecule has 0 saturated heterocycles. The van der Waals surface area contributed by atoms with Gasteiger partial charge in [0.2, 0.25) is 0 Å². The number of allylic oxidation sites excluding steroid dienone is 2. The second-order valence-corrected chi connectivity index (χ2v) is 6.55. The molecular formula is C20H16N6O3. The van der Waals surface area contributed by atoms with E-state index in [-0.39, 0.29) is 5.56 Å². The zero-order chi connectivity index (χ0) is 20.0. The molecule has 1 aliphatic heterocycles. The third-order valence-corrected chi connectivity index (χ3v) is 4.87. The number of anilines is 1. The van der Waals surface area contributed by atoms with Gasteiger partial charge in [-0.1, -0.05) is 23.4 Å². The van der Waals surface area contributed by atoms with Crippen molar-refractivity contribution in [1.29, 1.82) is 0 Å². The summed E-state index contributed by atoms with van der Waals surface area (Å²) < 4.78 is 5.35. The molecule has 0 saturated carbocycles. The molecule has 3 N–H and O–H groups in total. The summed E-state index contributed by atoms with van der Waals surface area (Å²) in [5.41, 5.74) is 4.40. The lowest BCUT2D eigenvalue weighted by Gasteiger charge is -2.22. The summed E-state index contributed by atoms with van der Waals surface area (Å²) >= 11 is 0. The topological polar surface area (TPSA) is 120 Å². The maximum atomic E-state index is 11.6. The molecule has 0 atom stereocenters. The van der Waals surface area contributed by atoms with Gasteiger partial charge in [0.1, 0.15) is 22.6 Å². The fourth-order valence-corrected chi connectivity index (χ4v) is 3.50. The molecule has 2 aromatic carbocycles. The highest BCUT2D eigenvalue weighted by Gasteiger charge is 2.19. The molecule has 0 amide bonds. The molecule has 5 rings (SSSR count). The van der Waals surface area contributed by atoms with Crippen LogP contribution in [0.15, 0.2) is 48.7 Å². The Morgan fingerprint density at radius 3 is 2.97 bits per heavy atom. The van der Waals surface area contributed by atoms with Crippen LogP contribution >= 0.6 is 0 Å². The molecule has 2 aromatic heterocycles. The fraction of sp³-hybridized carbons (Fsp3) is 0.100. The summed E-state index contributed by atoms with van der Waals surface area (Å²) in [7, 11) is 1.53. The van der Waals surface area contributed by atoms with Gasteiger partial charge in [-0.15, -0.1) is 5.10 Å². The maximum absolute atomic E-state index is 11.6. The molecular weight excluding hydrogens is 372 g/mol. The summed E-state index contributed by atoms with van der Waals surface area (Å²) in [5, 5.41) is 20.4. The number of nitrogens with one attached hydrogen (secondary N) is 2. The normalized spacial score (nSPS) is 13.8. The predicted molar refractivity (Wildman–Crippen MR) is 108 cm³/mol. The standard InChI is InChI=1S/C20H16N6O3/c1-29-15-8-7-12(20(27)28)16-18(15)22-19(21-16)11-4-3-9-26(10-11)14-6-2-5-13-17(14)24-25-23-13/h2-8,10H,9H2,1H3,(H,21,22)(H,27,28)(H,23,24,25). The second kappa shape index (κ2) is 6.48. The van der Waals surface area contributed by atoms with Crippen molar-refractivity contribution >= 4 is 39.3 Å². The molecule has 4 aromatic rings. The SMILES string of the molecule is COc1ccc(C(=O)O)c2[nH]c(C3=CN(c4cccc5[nH]nnc45)CC=C3)nc12. The number of imidazole rings is 1. The zero-order valence-electron chi connectivity index (χ0n) is 15.4. The van der Waals surface area contributed by atoms with E-state index >= 15 is 0 Å². The molecule has 3 heterocycles. The summed E-state index contributed by atoms with van der Waals surface area (Å²) in [6.45, 7) is 0.666. The van der Waals surface area contributed by atoms with Crippen molar-refractivity contribution in [1.82, 2.24) is 25.4 Å². The Bertz CT molecular complexity index is 1320. The number of benzene rings is 2. The van der Waals surface area contributed by atoms with Gasteiger partial charge >= 0.3 is 5.97 Å². The number of carboxylic acid groups (broad SMARTS) is 1. The number of methoxy groups -OCH3 is 1. The Labute approximate surface area is 164 Å². The van der Waals surface area contributed by atoms with E-state index in [1.807, 2.05) is 41.5 Å². The Morgan fingerprint density at radius 2 is 2.14 bits per heavy atom. The number of fused-ring (bicyclic) bond motifs is 2. The second-order valence-electron chi connectivity index (χ2n) is 6.55. The lowest BCUT2D eigenvalue weighted by molar-refractivity contribution is 0.0699. The number of carbonyl (C=O) groups is 1. The van der Waals surface area contributed by atoms with Crippen molar-refractivity contribution in [3.05, 3.63) is 60.1 Å². The van der Waals surface area contributed by atoms with Crippen LogP contribution in [0.25, 0.3) is 27.6 Å². The van der Waals surface area contributed by atoms with E-state index in [1.165, 1.54) is 13.2 Å². The fourth-order valence-electron chi connectivity index (χ4n) is 3.50. The molecule has 144 valence electrons. The van der Waals surface area contributed by atoms with Gasteiger partial charge in [0.05, 0.1) is 29.4 Å². The zero-order valence-corrected chi connectivity index (χ0v) is 15.4. The Balaban J connectivity index is 1.62. The van der Waals surface area contributed by atoms with Crippen molar-refractivity contribution < 1.29 is 14.6 Å². The highest BCUT2D eigenvalue weighted by atomic mass is 16.5. The van der Waals surface area contributed by atoms with Crippen molar-refractivity contribution in [2.75, 3.05) is 18.6 Å². The molecule has 0 fully saturated rings. The summed E-state index contributed by atoms with van der Waals surface area (Å²) in [5.74, 6) is 0.0396. The molecule has 0 spiro atoms. The number of nitrogens with zero attached hydrogens (tertiary/aromatic N) is 4. The average Bonchev–Trinajstić information content (AvgIpc) is 3.40. The first-order valence-corrected chi connectivity index (χ1v) is 8.91. The van der Waals surface area contributed by atoms with Crippen molar-refractivity contribution in [3.8, 4) is 5.75 Å². The number of H-pyrrole nitrogens is 2. The lowest BCUT2D eigenvalue weighted by Crippen LogP contribution is -2.19. The van der Waals surface area contributed by atoms with Crippen LogP contribution in [0.5, 0.6) is 5.75 Å². The summed E-state index contributed by atoms with van der Waals surface area (Å²) in [4.78, 5) is 21.4. The lowest BCUT2D eigenvalue weighted by atomic mass is 10.1. The van der Waals surface area contributed by atoms with Gasteiger partial charge in [-0.2, -0.15) is 0 Å². The van der Waals surface area contributed by atoms with Gasteiger partial charge in [0.25, 0.3) is 0 Å². The van der Waals surface area contributed by atoms with Crippen LogP contribution in [0, 0.1) is 0 Å². The molecule has 9 heteroatoms. The highest BCUT2D eigenvalue weighted by Crippen LogP contribution is 2.31. The summed E-state index contributed by atoms with van der Waals surface area (Å²) in [6, 6.07) is 8.95. The number of rotatable bonds is 4. The number of carboxylic acids is 1. The van der Waals surface area contributed by atoms with Gasteiger partial charge in [0.15, 0.2) is 0 Å². The average molecular weight is 388 g/mol. The molecule has 0 bridgehead atoms. The molecule has 0 radical (unpaired) electrons. The number of aromatic nitrogens is 5. The number of aromatic amines is 2. The first-order chi connectivity index (χ1) is 14.2. The number of aromatic carboxylic acids is 1. The van der Waals surface area contributed by atoms with Crippen LogP contribution < -0.4 is 9.64 Å². The molecule has 0 aliphatic carbocycles. The van der Waals surface area contributed by atoms with E-state index < -0.39 is 5.97 Å². The van der Waals surface area contributed by atoms with Gasteiger partial charge in [0, 0.05) is 18.3 Å². The van der Waals surface area contributed by atoms with E-state index in [9.17, 15) is 9.90 Å². The Kier molecular flexibility index (Phi) is 3.80. The largest absolute Gasteiger partial charge is 0.494 e. The van der Waals surface area contributed by atoms with Crippen molar-refractivity contribution in [3.63, 3.8) is 0 Å². The van der Waals surface area contributed by atoms with Gasteiger partial charge in [-0.05, 0) is 24.3 Å². The van der Waals surface area contributed by atoms with E-state index in [0.29, 0.717) is 29.2 Å². The van der Waals surface area contributed by atoms with Crippen LogP contribution in [0.2, 0.25) is 0 Å². The van der Waals surface area contributed by atoms with Crippen LogP contribution in [-0.4, -0.2) is 50.1 Å². The molecule has 1 aliphatic rings. The molecule has 29 heavy (non-hydrogen) atoms. The first kappa shape index (κ1) is 17.0. The number of ether oxygens (including phenoxy) is 1. The van der Waals surface area contributed by atoms with Gasteiger partial charge in [-0.3, -0.25) is 5.10 Å². The van der Waals surface area contributed by atoms with Gasteiger partial charge < -0.3 is 19.7 Å². The minimum absolute atomic E-state index is 0.143. The molecule has 0 unspecified atom stereocenters. The van der Waals surface area contributed by atoms with E-state index in [2.05, 4.69) is 25.4 Å². The number of hydrogen-bond donors (Lipinski definition) is 3. The minimum Gasteiger partial charge on any atom is -0.494 e. The van der Waals surface area contributed by atoms with Crippen molar-refractivity contribution in [2.45, 2.75) is 0 Å². The minimum atomic E-state index is -1.03. The van der Waals surface area contributed by atoms with E-state index in [1.54, 1.807) is 6.07 Å². The summed E-state index contributed by atoms with van der Waals surface area (Å²) in [6.07, 6.45) is 5.91. The third-order valence-electron chi connectivity index (χ3n) is 4.87. The first-order valence-electron chi connectivity index (χ1n) is 8.91. The highest BCUT2D eigenvalue weighted by molar-refractivity contribution is 6.03.